The molecule has 0 saturated carbocycles. The van der Waals surface area contributed by atoms with Gasteiger partial charge in [-0.3, -0.25) is 0 Å². The fourth-order valence-corrected chi connectivity index (χ4v) is 6.46. The van der Waals surface area contributed by atoms with Crippen molar-refractivity contribution in [3.63, 3.8) is 0 Å². The van der Waals surface area contributed by atoms with Crippen molar-refractivity contribution < 1.29 is 25.5 Å². The van der Waals surface area contributed by atoms with E-state index in [4.69, 9.17) is 0 Å². The summed E-state index contributed by atoms with van der Waals surface area (Å²) in [5.74, 6) is -0.184. The van der Waals surface area contributed by atoms with Gasteiger partial charge < -0.3 is 4.52 Å². The summed E-state index contributed by atoms with van der Waals surface area (Å²) in [4.78, 5) is 0. The Morgan fingerprint density at radius 1 is 0.842 bits per heavy atom. The molecule has 0 saturated heterocycles. The summed E-state index contributed by atoms with van der Waals surface area (Å²) in [6, 6.07) is 5.55. The van der Waals surface area contributed by atoms with Gasteiger partial charge in [0.25, 0.3) is 0 Å². The highest BCUT2D eigenvalue weighted by Gasteiger charge is 2.41. The Bertz CT molecular complexity index is 654. The van der Waals surface area contributed by atoms with Gasteiger partial charge >= 0.3 is 23.4 Å². The molecule has 0 aromatic heterocycles. The Balaban J connectivity index is 2.44. The fourth-order valence-electron chi connectivity index (χ4n) is 1.22. The number of benzene rings is 1. The third-order valence-electron chi connectivity index (χ3n) is 1.89. The standard InChI is InChI=1S/C7H7F5N3OP3/c1-6-2-4-7(5-3-6)16-19(12)14-17(8,9)13-18(10,11)15-19/h2-5H,1H3. The van der Waals surface area contributed by atoms with Gasteiger partial charge in [-0.05, 0) is 19.1 Å². The van der Waals surface area contributed by atoms with E-state index in [0.717, 1.165) is 5.56 Å². The van der Waals surface area contributed by atoms with Crippen molar-refractivity contribution in [3.8, 4) is 5.75 Å². The number of nitrogens with zero attached hydrogens (tertiary/aromatic N) is 3. The third-order valence-corrected chi connectivity index (χ3v) is 7.55. The van der Waals surface area contributed by atoms with Crippen LogP contribution < -0.4 is 4.52 Å². The molecule has 1 unspecified atom stereocenters. The molecule has 1 aromatic rings. The number of aryl methyl sites for hydroxylation is 1. The molecule has 4 nitrogen and oxygen atoms in total. The molecule has 12 heteroatoms. The lowest BCUT2D eigenvalue weighted by Gasteiger charge is -2.17. The van der Waals surface area contributed by atoms with Crippen molar-refractivity contribution in [2.75, 3.05) is 0 Å². The predicted molar refractivity (Wildman–Crippen MR) is 65.4 cm³/mol. The van der Waals surface area contributed by atoms with Crippen molar-refractivity contribution >= 4 is 23.4 Å². The van der Waals surface area contributed by atoms with Crippen molar-refractivity contribution in [2.24, 2.45) is 13.5 Å². The highest BCUT2D eigenvalue weighted by atomic mass is 31.3. The highest BCUT2D eigenvalue weighted by Crippen LogP contribution is 2.81. The SMILES string of the molecule is Cc1ccc(OP2(F)=NP(F)(F)=NP(F)(F)=N2)cc1. The first kappa shape index (κ1) is 14.8. The van der Waals surface area contributed by atoms with Crippen LogP contribution in [0.1, 0.15) is 5.56 Å². The Morgan fingerprint density at radius 2 is 1.37 bits per heavy atom. The molecule has 0 bridgehead atoms. The Hall–Kier alpha value is -0.640. The van der Waals surface area contributed by atoms with E-state index in [1.54, 1.807) is 6.92 Å². The second kappa shape index (κ2) is 4.72. The van der Waals surface area contributed by atoms with Gasteiger partial charge in [0.15, 0.2) is 0 Å². The van der Waals surface area contributed by atoms with E-state index in [0.29, 0.717) is 0 Å². The lowest BCUT2D eigenvalue weighted by atomic mass is 10.2. The fraction of sp³-hybridized carbons (Fsp3) is 0.143. The van der Waals surface area contributed by atoms with Crippen LogP contribution in [-0.4, -0.2) is 0 Å². The zero-order valence-corrected chi connectivity index (χ0v) is 12.0. The summed E-state index contributed by atoms with van der Waals surface area (Å²) < 4.78 is 76.9. The summed E-state index contributed by atoms with van der Waals surface area (Å²) in [6.45, 7) is 1.73. The van der Waals surface area contributed by atoms with Gasteiger partial charge in [-0.1, -0.05) is 17.7 Å². The minimum absolute atomic E-state index is 0.184. The predicted octanol–water partition coefficient (Wildman–Crippen LogP) is 7.07. The van der Waals surface area contributed by atoms with Crippen LogP contribution in [-0.2, 0) is 0 Å². The first-order valence-electron chi connectivity index (χ1n) is 4.75. The Kier molecular flexibility index (Phi) is 3.67. The monoisotopic (exact) mass is 337 g/mol. The molecule has 1 aromatic carbocycles. The topological polar surface area (TPSA) is 46.3 Å². The molecule has 0 spiro atoms. The van der Waals surface area contributed by atoms with Crippen molar-refractivity contribution in [1.82, 2.24) is 0 Å². The van der Waals surface area contributed by atoms with Crippen LogP contribution in [0.4, 0.5) is 21.0 Å². The van der Waals surface area contributed by atoms with Crippen molar-refractivity contribution in [2.45, 2.75) is 6.92 Å². The number of halogens is 5. The van der Waals surface area contributed by atoms with Gasteiger partial charge in [0.1, 0.15) is 5.75 Å². The summed E-state index contributed by atoms with van der Waals surface area (Å²) in [5.41, 5.74) is 0.807. The van der Waals surface area contributed by atoms with Gasteiger partial charge in [-0.25, -0.2) is 0 Å². The van der Waals surface area contributed by atoms with E-state index >= 15 is 0 Å². The summed E-state index contributed by atoms with van der Waals surface area (Å²) in [5, 5.41) is 0. The van der Waals surface area contributed by atoms with Crippen LogP contribution >= 0.6 is 23.4 Å². The van der Waals surface area contributed by atoms with E-state index in [1.807, 2.05) is 4.52 Å². The van der Waals surface area contributed by atoms with E-state index in [9.17, 15) is 21.0 Å². The smallest absolute Gasteiger partial charge is 0.419 e. The average molecular weight is 337 g/mol. The van der Waals surface area contributed by atoms with E-state index in [-0.39, 0.29) is 5.75 Å². The largest absolute Gasteiger partial charge is 0.441 e. The Labute approximate surface area is 106 Å². The lowest BCUT2D eigenvalue weighted by Crippen LogP contribution is -1.87. The van der Waals surface area contributed by atoms with Crippen LogP contribution in [0.15, 0.2) is 37.8 Å². The van der Waals surface area contributed by atoms with Gasteiger partial charge in [0.05, 0.1) is 0 Å². The van der Waals surface area contributed by atoms with Crippen LogP contribution in [0.2, 0.25) is 0 Å². The van der Waals surface area contributed by atoms with Crippen molar-refractivity contribution in [1.29, 1.82) is 0 Å². The second-order valence-corrected chi connectivity index (χ2v) is 8.65. The molecule has 0 fully saturated rings. The first-order valence-corrected chi connectivity index (χ1v) is 9.21. The van der Waals surface area contributed by atoms with Gasteiger partial charge in [0, 0.05) is 0 Å². The highest BCUT2D eigenvalue weighted by molar-refractivity contribution is 7.77. The summed E-state index contributed by atoms with van der Waals surface area (Å²) >= 11 is 0. The molecule has 1 aliphatic heterocycles. The quantitative estimate of drug-likeness (QED) is 0.420. The van der Waals surface area contributed by atoms with Crippen molar-refractivity contribution in [3.05, 3.63) is 29.8 Å². The van der Waals surface area contributed by atoms with E-state index < -0.39 is 23.4 Å². The molecule has 19 heavy (non-hydrogen) atoms. The molecule has 0 N–H and O–H groups in total. The molecule has 0 amide bonds. The molecule has 1 heterocycles. The van der Waals surface area contributed by atoms with E-state index in [2.05, 4.69) is 13.6 Å². The lowest BCUT2D eigenvalue weighted by molar-refractivity contribution is 0.548. The molecule has 2 rings (SSSR count). The molecule has 0 radical (unpaired) electrons. The molecule has 0 aliphatic carbocycles. The Morgan fingerprint density at radius 3 is 1.89 bits per heavy atom. The maximum absolute atomic E-state index is 13.9. The van der Waals surface area contributed by atoms with Crippen LogP contribution in [0.25, 0.3) is 0 Å². The number of hydrogen-bond acceptors (Lipinski definition) is 4. The van der Waals surface area contributed by atoms with Crippen LogP contribution in [0.3, 0.4) is 0 Å². The third kappa shape index (κ3) is 3.91. The minimum Gasteiger partial charge on any atom is -0.419 e. The van der Waals surface area contributed by atoms with Gasteiger partial charge in [-0.2, -0.15) is 0 Å². The normalized spacial score (nSPS) is 27.7. The molecular formula is C7H7F5N3OP3. The summed E-state index contributed by atoms with van der Waals surface area (Å²) in [7, 11) is -16.5. The number of hydrogen-bond donors (Lipinski definition) is 0. The van der Waals surface area contributed by atoms with Crippen LogP contribution in [0.5, 0.6) is 5.75 Å². The number of rotatable bonds is 2. The molecule has 106 valence electrons. The zero-order valence-electron chi connectivity index (χ0n) is 9.29. The van der Waals surface area contributed by atoms with Gasteiger partial charge in [0.2, 0.25) is 0 Å². The average Bonchev–Trinajstić information content (AvgIpc) is 2.15. The second-order valence-electron chi connectivity index (χ2n) is 3.56. The maximum atomic E-state index is 13.9. The summed E-state index contributed by atoms with van der Waals surface area (Å²) in [6.07, 6.45) is 0. The molecule has 1 atom stereocenters. The molecule has 1 aliphatic rings. The minimum atomic E-state index is -5.72. The van der Waals surface area contributed by atoms with E-state index in [1.165, 1.54) is 24.3 Å². The van der Waals surface area contributed by atoms with Crippen LogP contribution in [0, 0.1) is 6.92 Å². The molecular weight excluding hydrogens is 330 g/mol. The first-order chi connectivity index (χ1) is 8.59. The zero-order chi connectivity index (χ0) is 14.3. The van der Waals surface area contributed by atoms with Gasteiger partial charge in [-0.15, -0.1) is 34.5 Å². The maximum Gasteiger partial charge on any atom is 0.441 e.